The lowest BCUT2D eigenvalue weighted by molar-refractivity contribution is -0.274. The van der Waals surface area contributed by atoms with Gasteiger partial charge in [-0.25, -0.2) is 4.68 Å². The molecule has 4 rings (SSSR count). The van der Waals surface area contributed by atoms with Gasteiger partial charge in [0.15, 0.2) is 0 Å². The normalized spacial score (nSPS) is 13.4. The molecule has 0 saturated heterocycles. The molecule has 3 aromatic rings. The quantitative estimate of drug-likeness (QED) is 0.265. The number of halogens is 5. The number of hydrogen-bond acceptors (Lipinski definition) is 5. The molecule has 2 N–H and O–H groups in total. The zero-order chi connectivity index (χ0) is 29.6. The highest BCUT2D eigenvalue weighted by Crippen LogP contribution is 2.34. The van der Waals surface area contributed by atoms with E-state index in [1.807, 2.05) is 0 Å². The fourth-order valence-corrected chi connectivity index (χ4v) is 4.09. The summed E-state index contributed by atoms with van der Waals surface area (Å²) >= 11 is 12.5. The molecule has 2 aromatic carbocycles. The second-order valence-corrected chi connectivity index (χ2v) is 9.63. The minimum atomic E-state index is -4.82. The van der Waals surface area contributed by atoms with E-state index in [4.69, 9.17) is 33.0 Å². The summed E-state index contributed by atoms with van der Waals surface area (Å²) in [4.78, 5) is 22.8. The van der Waals surface area contributed by atoms with Gasteiger partial charge in [-0.05, 0) is 47.5 Å². The van der Waals surface area contributed by atoms with Crippen molar-refractivity contribution in [2.24, 2.45) is 0 Å². The van der Waals surface area contributed by atoms with Crippen molar-refractivity contribution in [3.8, 4) is 22.8 Å². The number of alkyl halides is 3. The molecule has 13 heteroatoms. The van der Waals surface area contributed by atoms with Gasteiger partial charge >= 0.3 is 12.3 Å². The fourth-order valence-electron chi connectivity index (χ4n) is 3.71. The van der Waals surface area contributed by atoms with Crippen LogP contribution in [0.3, 0.4) is 0 Å². The maximum Gasteiger partial charge on any atom is 0.573 e. The first kappa shape index (κ1) is 29.8. The zero-order valence-electron chi connectivity index (χ0n) is 21.1. The molecule has 1 aromatic heterocycles. The Morgan fingerprint density at radius 2 is 1.76 bits per heavy atom. The van der Waals surface area contributed by atoms with E-state index in [9.17, 15) is 22.8 Å². The zero-order valence-corrected chi connectivity index (χ0v) is 22.6. The van der Waals surface area contributed by atoms with E-state index >= 15 is 0 Å². The Hall–Kier alpha value is -4.22. The van der Waals surface area contributed by atoms with Crippen LogP contribution in [0.25, 0.3) is 16.8 Å². The molecule has 0 bridgehead atoms. The Balaban J connectivity index is 1.57. The first-order chi connectivity index (χ1) is 19.5. The Morgan fingerprint density at radius 3 is 2.41 bits per heavy atom. The van der Waals surface area contributed by atoms with Crippen molar-refractivity contribution >= 4 is 40.8 Å². The number of carbonyl (C=O) groups is 2. The van der Waals surface area contributed by atoms with Crippen LogP contribution in [-0.2, 0) is 11.4 Å². The molecule has 1 amide bonds. The molecule has 0 fully saturated rings. The highest BCUT2D eigenvalue weighted by Gasteiger charge is 2.31. The molecule has 0 unspecified atom stereocenters. The van der Waals surface area contributed by atoms with Gasteiger partial charge in [0.1, 0.15) is 12.4 Å². The summed E-state index contributed by atoms with van der Waals surface area (Å²) in [7, 11) is 0. The van der Waals surface area contributed by atoms with Crippen molar-refractivity contribution in [2.45, 2.75) is 25.8 Å². The summed E-state index contributed by atoms with van der Waals surface area (Å²) < 4.78 is 49.3. The predicted octanol–water partition coefficient (Wildman–Crippen LogP) is 6.72. The van der Waals surface area contributed by atoms with Crippen molar-refractivity contribution in [3.63, 3.8) is 0 Å². The number of allylic oxidation sites excluding steroid dienone is 6. The van der Waals surface area contributed by atoms with Gasteiger partial charge in [0.05, 0.1) is 17.7 Å². The molecule has 8 nitrogen and oxygen atoms in total. The number of carbonyl (C=O) groups excluding carboxylic acids is 1. The largest absolute Gasteiger partial charge is 0.573 e. The van der Waals surface area contributed by atoms with Crippen LogP contribution in [0.2, 0.25) is 0 Å². The number of nitrogens with zero attached hydrogens (tertiary/aromatic N) is 2. The molecule has 1 heterocycles. The van der Waals surface area contributed by atoms with Gasteiger partial charge in [0.2, 0.25) is 5.88 Å². The average Bonchev–Trinajstić information content (AvgIpc) is 3.26. The number of nitrogens with one attached hydrogen (secondary N) is 1. The van der Waals surface area contributed by atoms with Crippen LogP contribution in [-0.4, -0.2) is 39.7 Å². The number of carboxylic acid groups (broad SMARTS) is 1. The number of ether oxygens (including phenoxy) is 2. The Bertz CT molecular complexity index is 1510. The lowest BCUT2D eigenvalue weighted by Gasteiger charge is -2.10. The van der Waals surface area contributed by atoms with E-state index in [0.29, 0.717) is 44.4 Å². The highest BCUT2D eigenvalue weighted by atomic mass is 35.5. The first-order valence-corrected chi connectivity index (χ1v) is 12.8. The Kier molecular flexibility index (Phi) is 9.41. The number of aromatic nitrogens is 2. The third-order valence-electron chi connectivity index (χ3n) is 5.64. The van der Waals surface area contributed by atoms with Gasteiger partial charge in [-0.2, -0.15) is 0 Å². The van der Waals surface area contributed by atoms with Crippen molar-refractivity contribution in [3.05, 3.63) is 94.1 Å². The summed E-state index contributed by atoms with van der Waals surface area (Å²) in [6.45, 7) is 0.0576. The van der Waals surface area contributed by atoms with E-state index in [2.05, 4.69) is 15.2 Å². The summed E-state index contributed by atoms with van der Waals surface area (Å²) in [5.41, 5.74) is 2.58. The molecule has 1 aliphatic carbocycles. The maximum atomic E-state index is 12.6. The minimum Gasteiger partial charge on any atom is -0.481 e. The van der Waals surface area contributed by atoms with Gasteiger partial charge in [0.25, 0.3) is 5.91 Å². The second-order valence-electron chi connectivity index (χ2n) is 8.70. The summed E-state index contributed by atoms with van der Waals surface area (Å²) in [5, 5.41) is 16.7. The predicted molar refractivity (Wildman–Crippen MR) is 146 cm³/mol. The third-order valence-corrected chi connectivity index (χ3v) is 6.17. The average molecular weight is 608 g/mol. The number of benzene rings is 2. The van der Waals surface area contributed by atoms with E-state index in [0.717, 1.165) is 0 Å². The monoisotopic (exact) mass is 607 g/mol. The fraction of sp³-hybridized carbons (Fsp3) is 0.179. The van der Waals surface area contributed by atoms with Gasteiger partial charge in [0, 0.05) is 34.8 Å². The lowest BCUT2D eigenvalue weighted by atomic mass is 10.1. The second kappa shape index (κ2) is 13.0. The van der Waals surface area contributed by atoms with Gasteiger partial charge in [-0.3, -0.25) is 9.59 Å². The molecule has 41 heavy (non-hydrogen) atoms. The summed E-state index contributed by atoms with van der Waals surface area (Å²) in [5.74, 6) is -1.62. The van der Waals surface area contributed by atoms with E-state index in [1.165, 1.54) is 28.9 Å². The third kappa shape index (κ3) is 8.63. The van der Waals surface area contributed by atoms with Gasteiger partial charge in [-0.15, -0.1) is 18.3 Å². The highest BCUT2D eigenvalue weighted by molar-refractivity contribution is 6.33. The smallest absolute Gasteiger partial charge is 0.481 e. The van der Waals surface area contributed by atoms with Crippen molar-refractivity contribution in [2.75, 3.05) is 6.54 Å². The first-order valence-electron chi connectivity index (χ1n) is 12.1. The summed E-state index contributed by atoms with van der Waals surface area (Å²) in [6.07, 6.45) is 2.16. The van der Waals surface area contributed by atoms with Crippen LogP contribution in [0.5, 0.6) is 11.6 Å². The Morgan fingerprint density at radius 1 is 1.05 bits per heavy atom. The van der Waals surface area contributed by atoms with Gasteiger partial charge in [-0.1, -0.05) is 53.5 Å². The number of hydrogen-bond donors (Lipinski definition) is 2. The Labute approximate surface area is 242 Å². The number of carboxylic acids is 1. The standard InChI is InChI=1S/C28H22Cl2F3N3O5/c29-20-7-8-21(30)14-22(13-20)36-15-24(18-5-9-23(10-6-18)41-28(31,32)33)27(35-36)40-16-17-1-3-19(4-2-17)26(39)34-12-11-25(37)38/h1-7,9-10,13-15H,8,11-12,16H2,(H,34,39)(H,37,38). The van der Waals surface area contributed by atoms with Crippen LogP contribution in [0.1, 0.15) is 28.8 Å². The number of aliphatic carboxylic acids is 1. The van der Waals surface area contributed by atoms with Crippen LogP contribution in [0, 0.1) is 0 Å². The van der Waals surface area contributed by atoms with E-state index < -0.39 is 18.2 Å². The van der Waals surface area contributed by atoms with Crippen LogP contribution in [0.4, 0.5) is 13.2 Å². The van der Waals surface area contributed by atoms with Crippen LogP contribution >= 0.6 is 23.2 Å². The number of amides is 1. The molecular formula is C28H22Cl2F3N3O5. The molecular weight excluding hydrogens is 586 g/mol. The topological polar surface area (TPSA) is 103 Å². The van der Waals surface area contributed by atoms with E-state index in [1.54, 1.807) is 48.7 Å². The van der Waals surface area contributed by atoms with Crippen molar-refractivity contribution < 1.29 is 37.3 Å². The molecule has 0 aliphatic heterocycles. The van der Waals surface area contributed by atoms with Crippen molar-refractivity contribution in [1.82, 2.24) is 15.1 Å². The molecule has 0 saturated carbocycles. The van der Waals surface area contributed by atoms with Gasteiger partial charge < -0.3 is 19.9 Å². The molecule has 214 valence electrons. The number of rotatable bonds is 10. The lowest BCUT2D eigenvalue weighted by Crippen LogP contribution is -2.25. The molecule has 0 radical (unpaired) electrons. The maximum absolute atomic E-state index is 12.6. The molecule has 1 aliphatic rings. The molecule has 0 atom stereocenters. The van der Waals surface area contributed by atoms with Crippen LogP contribution < -0.4 is 14.8 Å². The minimum absolute atomic E-state index is 0.00557. The van der Waals surface area contributed by atoms with Crippen molar-refractivity contribution in [1.29, 1.82) is 0 Å². The SMILES string of the molecule is O=C(O)CCNC(=O)c1ccc(COc2nn(C3=CC(Cl)=CCC(Cl)=C3)cc2-c2ccc(OC(F)(F)F)cc2)cc1. The van der Waals surface area contributed by atoms with Crippen LogP contribution in [0.15, 0.2) is 83.0 Å². The molecule has 0 spiro atoms. The van der Waals surface area contributed by atoms with E-state index in [-0.39, 0.29) is 31.2 Å². The summed E-state index contributed by atoms with van der Waals surface area (Å²) in [6, 6.07) is 11.8.